The average Bonchev–Trinajstić information content (AvgIpc) is 3.11. The first-order valence-corrected chi connectivity index (χ1v) is 8.79. The summed E-state index contributed by atoms with van der Waals surface area (Å²) in [4.78, 5) is 25.0. The Hall–Kier alpha value is -3.53. The number of hydrogen-bond acceptors (Lipinski definition) is 3. The van der Waals surface area contributed by atoms with E-state index in [9.17, 15) is 9.70 Å². The lowest BCUT2D eigenvalue weighted by Crippen LogP contribution is -2.14. The number of Topliss-reactive ketones (excluding diaryl/α,β-unsaturated/α-hetero) is 1. The van der Waals surface area contributed by atoms with Gasteiger partial charge in [-0.05, 0) is 30.7 Å². The molecule has 0 aliphatic heterocycles. The zero-order valence-electron chi connectivity index (χ0n) is 14.9. The second-order valence-electron chi connectivity index (χ2n) is 6.47. The van der Waals surface area contributed by atoms with Crippen LogP contribution in [0.4, 0.5) is 0 Å². The van der Waals surface area contributed by atoms with Crippen LogP contribution in [0.2, 0.25) is 0 Å². The number of aromatic nitrogens is 1. The van der Waals surface area contributed by atoms with Crippen molar-refractivity contribution < 1.29 is 4.79 Å². The Morgan fingerprint density at radius 3 is 2.22 bits per heavy atom. The van der Waals surface area contributed by atoms with E-state index >= 15 is 0 Å². The Labute approximate surface area is 157 Å². The fourth-order valence-corrected chi connectivity index (χ4v) is 3.52. The molecule has 0 fully saturated rings. The molecule has 4 heteroatoms. The van der Waals surface area contributed by atoms with Gasteiger partial charge in [-0.2, -0.15) is 0 Å². The first-order chi connectivity index (χ1) is 13.2. The van der Waals surface area contributed by atoms with E-state index in [-0.39, 0.29) is 5.78 Å². The smallest absolute Gasteiger partial charge is 0.197 e. The van der Waals surface area contributed by atoms with E-state index in [0.29, 0.717) is 11.3 Å². The molecule has 132 valence electrons. The number of benzene rings is 2. The molecule has 1 unspecified atom stereocenters. The fraction of sp³-hybridized carbons (Fsp3) is 0.0870. The van der Waals surface area contributed by atoms with Crippen LogP contribution in [0.25, 0.3) is 16.6 Å². The van der Waals surface area contributed by atoms with Gasteiger partial charge in [0.05, 0.1) is 5.69 Å². The number of hydrogen-bond donors (Lipinski definition) is 0. The van der Waals surface area contributed by atoms with Crippen LogP contribution in [0.5, 0.6) is 0 Å². The predicted octanol–water partition coefficient (Wildman–Crippen LogP) is 5.61. The Balaban J connectivity index is 1.98. The minimum absolute atomic E-state index is 0.300. The van der Waals surface area contributed by atoms with Crippen molar-refractivity contribution in [2.24, 2.45) is 5.18 Å². The van der Waals surface area contributed by atoms with Crippen molar-refractivity contribution in [3.63, 3.8) is 0 Å². The zero-order chi connectivity index (χ0) is 18.8. The lowest BCUT2D eigenvalue weighted by atomic mass is 9.96. The van der Waals surface area contributed by atoms with Crippen molar-refractivity contribution in [2.75, 3.05) is 0 Å². The van der Waals surface area contributed by atoms with Crippen LogP contribution >= 0.6 is 0 Å². The first-order valence-electron chi connectivity index (χ1n) is 8.79. The zero-order valence-corrected chi connectivity index (χ0v) is 14.9. The van der Waals surface area contributed by atoms with Crippen molar-refractivity contribution in [1.82, 2.24) is 4.40 Å². The number of ketones is 1. The molecule has 0 aliphatic rings. The first kappa shape index (κ1) is 16.9. The Bertz CT molecular complexity index is 1120. The van der Waals surface area contributed by atoms with Crippen molar-refractivity contribution in [2.45, 2.75) is 13.0 Å². The molecule has 0 saturated heterocycles. The molecule has 0 amide bonds. The van der Waals surface area contributed by atoms with Gasteiger partial charge in [-0.25, -0.2) is 0 Å². The van der Waals surface area contributed by atoms with Gasteiger partial charge >= 0.3 is 0 Å². The third-order valence-corrected chi connectivity index (χ3v) is 4.78. The highest BCUT2D eigenvalue weighted by atomic mass is 16.3. The predicted molar refractivity (Wildman–Crippen MR) is 107 cm³/mol. The highest BCUT2D eigenvalue weighted by Crippen LogP contribution is 2.35. The molecule has 0 radical (unpaired) electrons. The normalized spacial score (nSPS) is 12.0. The number of carbonyl (C=O) groups excluding carboxylic acids is 1. The Kier molecular flexibility index (Phi) is 4.38. The molecule has 0 spiro atoms. The molecule has 2 aromatic carbocycles. The van der Waals surface area contributed by atoms with Gasteiger partial charge in [0, 0.05) is 22.3 Å². The van der Waals surface area contributed by atoms with Gasteiger partial charge in [0.1, 0.15) is 0 Å². The molecule has 2 aromatic heterocycles. The monoisotopic (exact) mass is 354 g/mol. The highest BCUT2D eigenvalue weighted by molar-refractivity contribution is 6.02. The lowest BCUT2D eigenvalue weighted by molar-refractivity contribution is 0.0960. The molecule has 0 bridgehead atoms. The summed E-state index contributed by atoms with van der Waals surface area (Å²) < 4.78 is 1.95. The molecule has 4 rings (SSSR count). The van der Waals surface area contributed by atoms with Crippen LogP contribution in [0.1, 0.15) is 27.8 Å². The van der Waals surface area contributed by atoms with E-state index in [1.807, 2.05) is 72.0 Å². The molecular formula is C23H18N2O2. The Morgan fingerprint density at radius 2 is 1.56 bits per heavy atom. The van der Waals surface area contributed by atoms with Crippen LogP contribution < -0.4 is 0 Å². The van der Waals surface area contributed by atoms with Gasteiger partial charge in [0.15, 0.2) is 11.8 Å². The highest BCUT2D eigenvalue weighted by Gasteiger charge is 2.29. The topological polar surface area (TPSA) is 50.9 Å². The average molecular weight is 354 g/mol. The number of rotatable bonds is 5. The number of carbonyl (C=O) groups is 1. The van der Waals surface area contributed by atoms with Gasteiger partial charge in [-0.1, -0.05) is 71.9 Å². The Morgan fingerprint density at radius 1 is 0.889 bits per heavy atom. The molecule has 4 aromatic rings. The second kappa shape index (κ2) is 7.00. The van der Waals surface area contributed by atoms with Crippen LogP contribution in [0.15, 0.2) is 90.1 Å². The molecular weight excluding hydrogens is 336 g/mol. The van der Waals surface area contributed by atoms with Gasteiger partial charge < -0.3 is 4.40 Å². The summed E-state index contributed by atoms with van der Waals surface area (Å²) in [5, 5.41) is 3.26. The van der Waals surface area contributed by atoms with Crippen molar-refractivity contribution >= 4 is 11.3 Å². The van der Waals surface area contributed by atoms with Crippen LogP contribution in [-0.4, -0.2) is 10.2 Å². The number of aryl methyl sites for hydroxylation is 1. The van der Waals surface area contributed by atoms with Crippen LogP contribution in [-0.2, 0) is 0 Å². The molecule has 0 aliphatic carbocycles. The van der Waals surface area contributed by atoms with Crippen LogP contribution in [0.3, 0.4) is 0 Å². The summed E-state index contributed by atoms with van der Waals surface area (Å²) in [5.74, 6) is -0.300. The van der Waals surface area contributed by atoms with E-state index in [2.05, 4.69) is 5.18 Å². The van der Waals surface area contributed by atoms with Gasteiger partial charge in [-0.3, -0.25) is 4.79 Å². The maximum Gasteiger partial charge on any atom is 0.197 e. The maximum atomic E-state index is 13.1. The minimum atomic E-state index is -1.12. The summed E-state index contributed by atoms with van der Waals surface area (Å²) in [7, 11) is 0. The van der Waals surface area contributed by atoms with E-state index in [1.165, 1.54) is 0 Å². The number of nitrogens with zero attached hydrogens (tertiary/aromatic N) is 2. The fourth-order valence-electron chi connectivity index (χ4n) is 3.52. The van der Waals surface area contributed by atoms with E-state index in [1.54, 1.807) is 24.3 Å². The maximum absolute atomic E-state index is 13.1. The van der Waals surface area contributed by atoms with E-state index in [0.717, 1.165) is 22.3 Å². The van der Waals surface area contributed by atoms with Crippen molar-refractivity contribution in [1.29, 1.82) is 0 Å². The minimum Gasteiger partial charge on any atom is -0.315 e. The van der Waals surface area contributed by atoms with Gasteiger partial charge in [0.25, 0.3) is 0 Å². The quantitative estimate of drug-likeness (QED) is 0.346. The second-order valence-corrected chi connectivity index (χ2v) is 6.47. The summed E-state index contributed by atoms with van der Waals surface area (Å²) >= 11 is 0. The number of pyridine rings is 1. The summed E-state index contributed by atoms with van der Waals surface area (Å²) in [5.41, 5.74) is 4.75. The molecule has 1 atom stereocenters. The molecule has 4 nitrogen and oxygen atoms in total. The van der Waals surface area contributed by atoms with Crippen LogP contribution in [0, 0.1) is 11.8 Å². The molecule has 27 heavy (non-hydrogen) atoms. The van der Waals surface area contributed by atoms with Gasteiger partial charge in [-0.15, -0.1) is 4.91 Å². The standard InChI is InChI=1S/C23H18N2O2/c1-16-9-8-14-19-15-20(17-10-4-2-5-11-17)22(25(16)19)21(24-27)23(26)18-12-6-3-7-13-18/h2-15,21H,1H3. The van der Waals surface area contributed by atoms with Crippen molar-refractivity contribution in [3.05, 3.63) is 107 Å². The summed E-state index contributed by atoms with van der Waals surface area (Å²) in [6.45, 7) is 1.96. The molecule has 0 saturated carbocycles. The summed E-state index contributed by atoms with van der Waals surface area (Å²) in [6, 6.07) is 25.4. The SMILES string of the molecule is Cc1cccc2cc(-c3ccccc3)c(C(N=O)C(=O)c3ccccc3)n12. The third-order valence-electron chi connectivity index (χ3n) is 4.78. The third kappa shape index (κ3) is 2.95. The largest absolute Gasteiger partial charge is 0.315 e. The van der Waals surface area contributed by atoms with E-state index in [4.69, 9.17) is 0 Å². The molecule has 2 heterocycles. The number of fused-ring (bicyclic) bond motifs is 1. The molecule has 0 N–H and O–H groups in total. The lowest BCUT2D eigenvalue weighted by Gasteiger charge is -2.14. The van der Waals surface area contributed by atoms with Crippen molar-refractivity contribution in [3.8, 4) is 11.1 Å². The van der Waals surface area contributed by atoms with Gasteiger partial charge in [0.2, 0.25) is 0 Å². The van der Waals surface area contributed by atoms with E-state index < -0.39 is 6.04 Å². The summed E-state index contributed by atoms with van der Waals surface area (Å²) in [6.07, 6.45) is 0. The number of nitroso groups, excluding NO2 is 1.